The van der Waals surface area contributed by atoms with Crippen LogP contribution < -0.4 is 0 Å². The topological polar surface area (TPSA) is 44.8 Å². The molecule has 0 aromatic heterocycles. The molecular formula is C13H13BrO4. The van der Waals surface area contributed by atoms with Crippen molar-refractivity contribution >= 4 is 21.9 Å². The van der Waals surface area contributed by atoms with Gasteiger partial charge in [-0.3, -0.25) is 4.79 Å². The second-order valence-corrected chi connectivity index (χ2v) is 8.02. The third-order valence-electron chi connectivity index (χ3n) is 7.17. The monoisotopic (exact) mass is 312 g/mol. The lowest BCUT2D eigenvalue weighted by molar-refractivity contribution is -0.421. The van der Waals surface area contributed by atoms with Crippen LogP contribution in [0.3, 0.4) is 0 Å². The lowest BCUT2D eigenvalue weighted by Crippen LogP contribution is -2.94. The van der Waals surface area contributed by atoms with Crippen LogP contribution in [0.4, 0.5) is 0 Å². The molecule has 1 saturated heterocycles. The molecule has 4 unspecified atom stereocenters. The minimum atomic E-state index is -0.414. The van der Waals surface area contributed by atoms with E-state index >= 15 is 0 Å². The highest BCUT2D eigenvalue weighted by molar-refractivity contribution is 9.10. The van der Waals surface area contributed by atoms with Gasteiger partial charge in [-0.1, -0.05) is 15.9 Å². The van der Waals surface area contributed by atoms with E-state index in [9.17, 15) is 4.79 Å². The summed E-state index contributed by atoms with van der Waals surface area (Å²) in [4.78, 5) is 12.1. The van der Waals surface area contributed by atoms with Crippen molar-refractivity contribution in [2.24, 2.45) is 40.9 Å². The lowest BCUT2D eigenvalue weighted by atomic mass is 9.13. The van der Waals surface area contributed by atoms with Crippen LogP contribution in [-0.2, 0) is 19.0 Å². The number of carbonyl (C=O) groups is 1. The number of alkyl halides is 1. The molecule has 18 heavy (non-hydrogen) atoms. The second kappa shape index (κ2) is 2.21. The summed E-state index contributed by atoms with van der Waals surface area (Å²) in [7, 11) is 1.52. The smallest absolute Gasteiger partial charge is 0.312 e. The van der Waals surface area contributed by atoms with Crippen LogP contribution in [0, 0.1) is 40.9 Å². The molecule has 1 heterocycles. The van der Waals surface area contributed by atoms with Crippen LogP contribution in [0.2, 0.25) is 0 Å². The van der Waals surface area contributed by atoms with Crippen LogP contribution in [0.25, 0.3) is 0 Å². The van der Waals surface area contributed by atoms with Gasteiger partial charge in [-0.2, -0.15) is 0 Å². The van der Waals surface area contributed by atoms with E-state index in [2.05, 4.69) is 15.9 Å². The van der Waals surface area contributed by atoms with E-state index in [-0.39, 0.29) is 15.7 Å². The predicted octanol–water partition coefficient (Wildman–Crippen LogP) is 0.788. The van der Waals surface area contributed by atoms with Crippen molar-refractivity contribution in [1.29, 1.82) is 0 Å². The van der Waals surface area contributed by atoms with Gasteiger partial charge in [-0.05, 0) is 29.6 Å². The molecule has 1 aliphatic heterocycles. The largest absolute Gasteiger partial charge is 0.469 e. The Morgan fingerprint density at radius 3 is 2.22 bits per heavy atom. The molecule has 4 nitrogen and oxygen atoms in total. The van der Waals surface area contributed by atoms with Gasteiger partial charge in [0, 0.05) is 5.92 Å². The minimum Gasteiger partial charge on any atom is -0.469 e. The van der Waals surface area contributed by atoms with Crippen LogP contribution in [0.5, 0.6) is 0 Å². The summed E-state index contributed by atoms with van der Waals surface area (Å²) < 4.78 is 17.2. The molecule has 0 amide bonds. The summed E-state index contributed by atoms with van der Waals surface area (Å²) in [5.41, 5.74) is -0.134. The Balaban J connectivity index is 1.53. The van der Waals surface area contributed by atoms with Crippen LogP contribution in [0.1, 0.15) is 0 Å². The van der Waals surface area contributed by atoms with Crippen molar-refractivity contribution < 1.29 is 19.0 Å². The Morgan fingerprint density at radius 2 is 1.67 bits per heavy atom. The quantitative estimate of drug-likeness (QED) is 0.530. The highest BCUT2D eigenvalue weighted by Gasteiger charge is 3.10. The maximum Gasteiger partial charge on any atom is 0.312 e. The van der Waals surface area contributed by atoms with Crippen molar-refractivity contribution in [3.8, 4) is 0 Å². The second-order valence-electron chi connectivity index (χ2n) is 6.71. The van der Waals surface area contributed by atoms with Gasteiger partial charge in [0.2, 0.25) is 0 Å². The number of halogens is 1. The van der Waals surface area contributed by atoms with Gasteiger partial charge in [-0.25, -0.2) is 0 Å². The number of carbonyl (C=O) groups excluding carboxylic acids is 1. The highest BCUT2D eigenvalue weighted by atomic mass is 79.9. The van der Waals surface area contributed by atoms with Gasteiger partial charge in [0.05, 0.1) is 30.1 Å². The van der Waals surface area contributed by atoms with Crippen LogP contribution in [0.15, 0.2) is 0 Å². The molecule has 8 atom stereocenters. The minimum absolute atomic E-state index is 0.0109. The predicted molar refractivity (Wildman–Crippen MR) is 61.7 cm³/mol. The van der Waals surface area contributed by atoms with Crippen molar-refractivity contribution in [2.45, 2.75) is 10.1 Å². The summed E-state index contributed by atoms with van der Waals surface area (Å²) in [5, 5.41) is 0. The van der Waals surface area contributed by atoms with Gasteiger partial charge < -0.3 is 14.2 Å². The van der Waals surface area contributed by atoms with Gasteiger partial charge in [0.1, 0.15) is 0 Å². The molecule has 0 N–H and O–H groups in total. The Labute approximate surface area is 112 Å². The molecule has 6 aliphatic carbocycles. The number of rotatable bonds is 1. The average molecular weight is 313 g/mol. The molecule has 96 valence electrons. The van der Waals surface area contributed by atoms with Crippen molar-refractivity contribution in [2.75, 3.05) is 20.3 Å². The lowest BCUT2D eigenvalue weighted by Gasteiger charge is -2.89. The average Bonchev–Trinajstić information content (AvgIpc) is 2.89. The fraction of sp³-hybridized carbons (Fsp3) is 0.923. The Kier molecular flexibility index (Phi) is 1.19. The van der Waals surface area contributed by atoms with Gasteiger partial charge in [0.25, 0.3) is 0 Å². The molecule has 6 saturated carbocycles. The number of methoxy groups -OCH3 is 1. The molecule has 0 aromatic rings. The van der Waals surface area contributed by atoms with Crippen molar-refractivity contribution in [1.82, 2.24) is 0 Å². The standard InChI is InChI=1S/C13H13BrO4/c1-16-10(15)11-4-7-5(11)9-6(11)8(4)12(7,14)13(9)17-2-3-18-13/h4-9H,2-3H2,1H3/t4?,5-,6+,7-,8-,9?,11?,12?/m0/s1. The maximum absolute atomic E-state index is 12.1. The Bertz CT molecular complexity index is 505. The first-order valence-electron chi connectivity index (χ1n) is 6.72. The molecule has 0 radical (unpaired) electrons. The Hall–Kier alpha value is -0.130. The van der Waals surface area contributed by atoms with E-state index in [4.69, 9.17) is 14.2 Å². The number of hydrogen-bond donors (Lipinski definition) is 0. The molecule has 7 fully saturated rings. The fourth-order valence-corrected chi connectivity index (χ4v) is 8.84. The van der Waals surface area contributed by atoms with Crippen molar-refractivity contribution in [3.63, 3.8) is 0 Å². The maximum atomic E-state index is 12.1. The molecule has 5 heteroatoms. The first kappa shape index (κ1) is 9.72. The normalized spacial score (nSPS) is 69.9. The van der Waals surface area contributed by atoms with E-state index in [0.29, 0.717) is 48.7 Å². The highest BCUT2D eigenvalue weighted by Crippen LogP contribution is 3.04. The zero-order valence-electron chi connectivity index (χ0n) is 9.89. The summed E-state index contributed by atoms with van der Waals surface area (Å²) >= 11 is 3.97. The van der Waals surface area contributed by atoms with E-state index < -0.39 is 5.79 Å². The third-order valence-corrected chi connectivity index (χ3v) is 8.78. The van der Waals surface area contributed by atoms with E-state index in [0.717, 1.165) is 0 Å². The van der Waals surface area contributed by atoms with E-state index in [1.165, 1.54) is 7.11 Å². The fourth-order valence-electron chi connectivity index (χ4n) is 7.20. The van der Waals surface area contributed by atoms with Crippen LogP contribution in [-0.4, -0.2) is 36.4 Å². The molecule has 7 aliphatic rings. The molecule has 0 aromatic carbocycles. The van der Waals surface area contributed by atoms with Gasteiger partial charge in [0.15, 0.2) is 5.79 Å². The Morgan fingerprint density at radius 1 is 1.11 bits per heavy atom. The molecular weight excluding hydrogens is 300 g/mol. The van der Waals surface area contributed by atoms with Gasteiger partial charge >= 0.3 is 5.97 Å². The zero-order chi connectivity index (χ0) is 12.1. The summed E-state index contributed by atoms with van der Waals surface area (Å²) in [6.45, 7) is 1.39. The van der Waals surface area contributed by atoms with Crippen molar-refractivity contribution in [3.05, 3.63) is 0 Å². The number of hydrogen-bond acceptors (Lipinski definition) is 4. The van der Waals surface area contributed by atoms with E-state index in [1.807, 2.05) is 0 Å². The number of ether oxygens (including phenoxy) is 3. The summed E-state index contributed by atoms with van der Waals surface area (Å²) in [5.74, 6) is 2.63. The van der Waals surface area contributed by atoms with E-state index in [1.54, 1.807) is 0 Å². The molecule has 1 spiro atoms. The molecule has 2 bridgehead atoms. The third kappa shape index (κ3) is 0.476. The summed E-state index contributed by atoms with van der Waals surface area (Å²) in [6.07, 6.45) is 0. The van der Waals surface area contributed by atoms with Gasteiger partial charge in [-0.15, -0.1) is 0 Å². The first-order chi connectivity index (χ1) is 8.67. The zero-order valence-corrected chi connectivity index (χ0v) is 11.5. The van der Waals surface area contributed by atoms with Crippen LogP contribution >= 0.6 is 15.9 Å². The first-order valence-corrected chi connectivity index (χ1v) is 7.52. The molecule has 7 rings (SSSR count). The number of esters is 1. The summed E-state index contributed by atoms with van der Waals surface area (Å²) in [6, 6.07) is 0. The SMILES string of the molecule is COC(=O)C12C3[C@H]4[C@H]1C1[C@H]2[C@H]3C4(Br)C12OCCO2.